The number of alkyl halides is 4. The topological polar surface area (TPSA) is 26.0 Å². The third-order valence-corrected chi connectivity index (χ3v) is 2.19. The maximum absolute atomic E-state index is 12.4. The minimum atomic E-state index is -4.40. The van der Waals surface area contributed by atoms with E-state index in [0.717, 1.165) is 6.07 Å². The molecule has 0 aliphatic heterocycles. The van der Waals surface area contributed by atoms with Crippen LogP contribution in [0.4, 0.5) is 18.9 Å². The van der Waals surface area contributed by atoms with Crippen LogP contribution in [0.2, 0.25) is 0 Å². The molecule has 1 nitrogen and oxygen atoms in total. The van der Waals surface area contributed by atoms with E-state index in [9.17, 15) is 13.2 Å². The lowest BCUT2D eigenvalue weighted by Gasteiger charge is -2.09. The van der Waals surface area contributed by atoms with Gasteiger partial charge in [0.25, 0.3) is 0 Å². The van der Waals surface area contributed by atoms with Crippen LogP contribution >= 0.6 is 11.6 Å². The third kappa shape index (κ3) is 3.45. The highest BCUT2D eigenvalue weighted by molar-refractivity contribution is 6.17. The van der Waals surface area contributed by atoms with E-state index in [1.54, 1.807) is 12.2 Å². The molecule has 0 heterocycles. The summed E-state index contributed by atoms with van der Waals surface area (Å²) in [5.74, 6) is 0.479. The van der Waals surface area contributed by atoms with Crippen molar-refractivity contribution in [2.45, 2.75) is 12.6 Å². The SMILES string of the molecule is Nc1cc(C=CCCCl)ccc1C(F)(F)F. The molecule has 0 aliphatic carbocycles. The maximum atomic E-state index is 12.4. The zero-order valence-electron chi connectivity index (χ0n) is 8.39. The Kier molecular flexibility index (Phi) is 4.24. The molecule has 1 aromatic carbocycles. The van der Waals surface area contributed by atoms with Crippen LogP contribution in [-0.4, -0.2) is 5.88 Å². The van der Waals surface area contributed by atoms with Crippen molar-refractivity contribution in [3.05, 3.63) is 35.4 Å². The van der Waals surface area contributed by atoms with Crippen LogP contribution in [0.3, 0.4) is 0 Å². The Morgan fingerprint density at radius 1 is 1.31 bits per heavy atom. The van der Waals surface area contributed by atoms with Crippen LogP contribution in [-0.2, 0) is 6.18 Å². The zero-order valence-corrected chi connectivity index (χ0v) is 9.15. The quantitative estimate of drug-likeness (QED) is 0.637. The van der Waals surface area contributed by atoms with Crippen LogP contribution < -0.4 is 5.73 Å². The molecule has 0 atom stereocenters. The first kappa shape index (κ1) is 12.9. The van der Waals surface area contributed by atoms with Crippen LogP contribution in [0.5, 0.6) is 0 Å². The molecule has 1 rings (SSSR count). The average molecular weight is 250 g/mol. The number of anilines is 1. The fourth-order valence-electron chi connectivity index (χ4n) is 1.23. The first-order chi connectivity index (χ1) is 7.45. The van der Waals surface area contributed by atoms with E-state index in [1.165, 1.54) is 12.1 Å². The van der Waals surface area contributed by atoms with E-state index in [-0.39, 0.29) is 5.69 Å². The summed E-state index contributed by atoms with van der Waals surface area (Å²) in [6.07, 6.45) is -0.251. The second kappa shape index (κ2) is 5.25. The molecule has 0 aliphatic rings. The van der Waals surface area contributed by atoms with E-state index in [4.69, 9.17) is 17.3 Å². The Hall–Kier alpha value is -1.16. The molecule has 16 heavy (non-hydrogen) atoms. The summed E-state index contributed by atoms with van der Waals surface area (Å²) >= 11 is 5.46. The largest absolute Gasteiger partial charge is 0.418 e. The molecule has 0 radical (unpaired) electrons. The molecule has 0 saturated carbocycles. The van der Waals surface area contributed by atoms with Crippen LogP contribution in [0, 0.1) is 0 Å². The lowest BCUT2D eigenvalue weighted by Crippen LogP contribution is -2.08. The summed E-state index contributed by atoms with van der Waals surface area (Å²) in [4.78, 5) is 0. The Morgan fingerprint density at radius 3 is 2.50 bits per heavy atom. The number of rotatable bonds is 3. The van der Waals surface area contributed by atoms with Gasteiger partial charge in [-0.3, -0.25) is 0 Å². The molecular formula is C11H11ClF3N. The molecule has 5 heteroatoms. The van der Waals surface area contributed by atoms with Gasteiger partial charge in [-0.15, -0.1) is 11.6 Å². The first-order valence-electron chi connectivity index (χ1n) is 4.64. The Labute approximate surface area is 96.7 Å². The van der Waals surface area contributed by atoms with Crippen molar-refractivity contribution >= 4 is 23.4 Å². The summed E-state index contributed by atoms with van der Waals surface area (Å²) in [5, 5.41) is 0. The second-order valence-electron chi connectivity index (χ2n) is 3.22. The number of halogens is 4. The zero-order chi connectivity index (χ0) is 12.2. The fourth-order valence-corrected chi connectivity index (χ4v) is 1.35. The maximum Gasteiger partial charge on any atom is 0.418 e. The molecule has 0 unspecified atom stereocenters. The minimum Gasteiger partial charge on any atom is -0.398 e. The molecular weight excluding hydrogens is 239 g/mol. The van der Waals surface area contributed by atoms with Gasteiger partial charge in [-0.05, 0) is 24.1 Å². The molecule has 1 aromatic rings. The molecule has 0 amide bonds. The van der Waals surface area contributed by atoms with Gasteiger partial charge >= 0.3 is 6.18 Å². The number of nitrogens with two attached hydrogens (primary N) is 1. The summed E-state index contributed by atoms with van der Waals surface area (Å²) in [5.41, 5.74) is 4.90. The predicted octanol–water partition coefficient (Wildman–Crippen LogP) is 3.93. The third-order valence-electron chi connectivity index (χ3n) is 1.97. The summed E-state index contributed by atoms with van der Waals surface area (Å²) < 4.78 is 37.1. The van der Waals surface area contributed by atoms with Gasteiger partial charge in [0.15, 0.2) is 0 Å². The Balaban J connectivity index is 2.91. The minimum absolute atomic E-state index is 0.263. The van der Waals surface area contributed by atoms with Gasteiger partial charge in [0.1, 0.15) is 0 Å². The van der Waals surface area contributed by atoms with Crippen molar-refractivity contribution in [1.29, 1.82) is 0 Å². The smallest absolute Gasteiger partial charge is 0.398 e. The van der Waals surface area contributed by atoms with Crippen molar-refractivity contribution in [1.82, 2.24) is 0 Å². The number of benzene rings is 1. The predicted molar refractivity (Wildman–Crippen MR) is 60.2 cm³/mol. The monoisotopic (exact) mass is 249 g/mol. The number of hydrogen-bond acceptors (Lipinski definition) is 1. The van der Waals surface area contributed by atoms with E-state index < -0.39 is 11.7 Å². The van der Waals surface area contributed by atoms with Crippen molar-refractivity contribution in [3.63, 3.8) is 0 Å². The highest BCUT2D eigenvalue weighted by Crippen LogP contribution is 2.33. The Bertz CT molecular complexity index is 385. The highest BCUT2D eigenvalue weighted by Gasteiger charge is 2.32. The lowest BCUT2D eigenvalue weighted by atomic mass is 10.1. The first-order valence-corrected chi connectivity index (χ1v) is 5.18. The summed E-state index contributed by atoms with van der Waals surface area (Å²) in [6.45, 7) is 0. The van der Waals surface area contributed by atoms with Crippen LogP contribution in [0.25, 0.3) is 6.08 Å². The van der Waals surface area contributed by atoms with E-state index in [2.05, 4.69) is 0 Å². The number of hydrogen-bond donors (Lipinski definition) is 1. The second-order valence-corrected chi connectivity index (χ2v) is 3.60. The van der Waals surface area contributed by atoms with Gasteiger partial charge in [0.05, 0.1) is 5.56 Å². The normalized spacial score (nSPS) is 12.2. The van der Waals surface area contributed by atoms with Gasteiger partial charge in [-0.2, -0.15) is 13.2 Å². The number of nitrogen functional groups attached to an aromatic ring is 1. The van der Waals surface area contributed by atoms with Crippen molar-refractivity contribution < 1.29 is 13.2 Å². The molecule has 0 aromatic heterocycles. The average Bonchev–Trinajstić information content (AvgIpc) is 2.16. The van der Waals surface area contributed by atoms with Gasteiger partial charge < -0.3 is 5.73 Å². The molecule has 88 valence electrons. The van der Waals surface area contributed by atoms with Crippen molar-refractivity contribution in [2.24, 2.45) is 0 Å². The van der Waals surface area contributed by atoms with Crippen LogP contribution in [0.15, 0.2) is 24.3 Å². The number of allylic oxidation sites excluding steroid dienone is 1. The lowest BCUT2D eigenvalue weighted by molar-refractivity contribution is -0.136. The fraction of sp³-hybridized carbons (Fsp3) is 0.273. The molecule has 0 bridgehead atoms. The standard InChI is InChI=1S/C11H11ClF3N/c12-6-2-1-3-8-4-5-9(10(16)7-8)11(13,14)15/h1,3-5,7H,2,6,16H2. The molecule has 2 N–H and O–H groups in total. The van der Waals surface area contributed by atoms with Crippen molar-refractivity contribution in [3.8, 4) is 0 Å². The van der Waals surface area contributed by atoms with Crippen LogP contribution in [0.1, 0.15) is 17.5 Å². The van der Waals surface area contributed by atoms with Gasteiger partial charge in [-0.1, -0.05) is 18.2 Å². The molecule has 0 spiro atoms. The van der Waals surface area contributed by atoms with Gasteiger partial charge in [-0.25, -0.2) is 0 Å². The van der Waals surface area contributed by atoms with E-state index >= 15 is 0 Å². The summed E-state index contributed by atoms with van der Waals surface area (Å²) in [7, 11) is 0. The van der Waals surface area contributed by atoms with Gasteiger partial charge in [0.2, 0.25) is 0 Å². The van der Waals surface area contributed by atoms with Gasteiger partial charge in [0, 0.05) is 11.6 Å². The molecule has 0 fully saturated rings. The highest BCUT2D eigenvalue weighted by atomic mass is 35.5. The Morgan fingerprint density at radius 2 is 2.00 bits per heavy atom. The van der Waals surface area contributed by atoms with Crippen molar-refractivity contribution in [2.75, 3.05) is 11.6 Å². The summed E-state index contributed by atoms with van der Waals surface area (Å²) in [6, 6.07) is 3.66. The van der Waals surface area contributed by atoms with E-state index in [0.29, 0.717) is 17.9 Å². The molecule has 0 saturated heterocycles. The van der Waals surface area contributed by atoms with E-state index in [1.807, 2.05) is 0 Å².